The summed E-state index contributed by atoms with van der Waals surface area (Å²) in [4.78, 5) is 12.3. The molecule has 1 amide bonds. The molecule has 1 fully saturated rings. The van der Waals surface area contributed by atoms with Gasteiger partial charge in [-0.3, -0.25) is 4.79 Å². The second-order valence-electron chi connectivity index (χ2n) is 6.01. The summed E-state index contributed by atoms with van der Waals surface area (Å²) >= 11 is 0. The first-order valence-corrected chi connectivity index (χ1v) is 7.88. The molecule has 0 aliphatic heterocycles. The molecular formula is C17H27ClN2O2. The molecule has 0 aromatic heterocycles. The van der Waals surface area contributed by atoms with Crippen LogP contribution in [0.4, 0.5) is 0 Å². The van der Waals surface area contributed by atoms with Crippen molar-refractivity contribution in [3.05, 3.63) is 29.8 Å². The van der Waals surface area contributed by atoms with E-state index in [2.05, 4.69) is 12.2 Å². The van der Waals surface area contributed by atoms with Crippen LogP contribution < -0.4 is 15.8 Å². The first-order chi connectivity index (χ1) is 10.1. The number of hydrogen-bond donors (Lipinski definition) is 2. The zero-order valence-electron chi connectivity index (χ0n) is 13.4. The number of nitrogens with one attached hydrogen (secondary N) is 1. The standard InChI is InChI=1S/C17H26N2O2.ClH/c1-3-13(2)21-15-8-6-14(7-9-15)16(20)19-17(12-18)10-4-5-11-17;/h6-9,13H,3-5,10-12,18H2,1-2H3,(H,19,20);1H. The highest BCUT2D eigenvalue weighted by Gasteiger charge is 2.33. The molecule has 4 nitrogen and oxygen atoms in total. The number of ether oxygens (including phenoxy) is 1. The van der Waals surface area contributed by atoms with Gasteiger partial charge in [-0.1, -0.05) is 19.8 Å². The Morgan fingerprint density at radius 1 is 1.32 bits per heavy atom. The molecule has 5 heteroatoms. The first-order valence-electron chi connectivity index (χ1n) is 7.88. The Bertz CT molecular complexity index is 470. The van der Waals surface area contributed by atoms with Gasteiger partial charge < -0.3 is 15.8 Å². The van der Waals surface area contributed by atoms with Crippen molar-refractivity contribution in [2.24, 2.45) is 5.73 Å². The Morgan fingerprint density at radius 3 is 2.41 bits per heavy atom. The summed E-state index contributed by atoms with van der Waals surface area (Å²) in [7, 11) is 0. The molecule has 124 valence electrons. The van der Waals surface area contributed by atoms with E-state index in [1.54, 1.807) is 0 Å². The largest absolute Gasteiger partial charge is 0.491 e. The second kappa shape index (κ2) is 8.39. The smallest absolute Gasteiger partial charge is 0.251 e. The SMILES string of the molecule is CCC(C)Oc1ccc(C(=O)NC2(CN)CCCC2)cc1.Cl. The molecule has 1 aliphatic rings. The van der Waals surface area contributed by atoms with Gasteiger partial charge in [0.2, 0.25) is 0 Å². The van der Waals surface area contributed by atoms with Crippen molar-refractivity contribution in [3.8, 4) is 5.75 Å². The predicted octanol–water partition coefficient (Wildman–Crippen LogP) is 3.29. The van der Waals surface area contributed by atoms with Crippen LogP contribution in [-0.4, -0.2) is 24.1 Å². The molecule has 1 saturated carbocycles. The van der Waals surface area contributed by atoms with E-state index in [1.807, 2.05) is 31.2 Å². The fraction of sp³-hybridized carbons (Fsp3) is 0.588. The summed E-state index contributed by atoms with van der Waals surface area (Å²) in [6.45, 7) is 4.63. The summed E-state index contributed by atoms with van der Waals surface area (Å²) in [5, 5.41) is 3.12. The number of rotatable bonds is 6. The summed E-state index contributed by atoms with van der Waals surface area (Å²) in [5.41, 5.74) is 6.31. The van der Waals surface area contributed by atoms with Crippen molar-refractivity contribution in [2.45, 2.75) is 57.6 Å². The highest BCUT2D eigenvalue weighted by atomic mass is 35.5. The number of carbonyl (C=O) groups is 1. The van der Waals surface area contributed by atoms with Crippen molar-refractivity contribution in [1.29, 1.82) is 0 Å². The van der Waals surface area contributed by atoms with E-state index >= 15 is 0 Å². The lowest BCUT2D eigenvalue weighted by Gasteiger charge is -2.28. The molecule has 2 rings (SSSR count). The van der Waals surface area contributed by atoms with Crippen LogP contribution in [0.3, 0.4) is 0 Å². The summed E-state index contributed by atoms with van der Waals surface area (Å²) in [6, 6.07) is 7.33. The maximum atomic E-state index is 12.3. The van der Waals surface area contributed by atoms with Crippen LogP contribution in [0.5, 0.6) is 5.75 Å². The maximum Gasteiger partial charge on any atom is 0.251 e. The van der Waals surface area contributed by atoms with Gasteiger partial charge in [-0.15, -0.1) is 12.4 Å². The first kappa shape index (κ1) is 18.8. The Labute approximate surface area is 139 Å². The third-order valence-electron chi connectivity index (χ3n) is 4.36. The molecule has 3 N–H and O–H groups in total. The van der Waals surface area contributed by atoms with Crippen LogP contribution in [0.15, 0.2) is 24.3 Å². The number of benzene rings is 1. The van der Waals surface area contributed by atoms with Crippen LogP contribution in [0.25, 0.3) is 0 Å². The fourth-order valence-electron chi connectivity index (χ4n) is 2.75. The monoisotopic (exact) mass is 326 g/mol. The van der Waals surface area contributed by atoms with Crippen molar-refractivity contribution in [3.63, 3.8) is 0 Å². The van der Waals surface area contributed by atoms with E-state index in [4.69, 9.17) is 10.5 Å². The van der Waals surface area contributed by atoms with E-state index < -0.39 is 0 Å². The number of hydrogen-bond acceptors (Lipinski definition) is 3. The van der Waals surface area contributed by atoms with Gasteiger partial charge in [-0.05, 0) is 50.5 Å². The average Bonchev–Trinajstić information content (AvgIpc) is 2.97. The molecule has 0 radical (unpaired) electrons. The Hall–Kier alpha value is -1.26. The molecule has 1 atom stereocenters. The minimum atomic E-state index is -0.205. The molecular weight excluding hydrogens is 300 g/mol. The van der Waals surface area contributed by atoms with Gasteiger partial charge in [-0.25, -0.2) is 0 Å². The molecule has 1 aromatic rings. The molecule has 0 bridgehead atoms. The van der Waals surface area contributed by atoms with Crippen molar-refractivity contribution < 1.29 is 9.53 Å². The zero-order chi connectivity index (χ0) is 15.3. The normalized spacial score (nSPS) is 17.4. The molecule has 22 heavy (non-hydrogen) atoms. The fourth-order valence-corrected chi connectivity index (χ4v) is 2.75. The Morgan fingerprint density at radius 2 is 1.91 bits per heavy atom. The highest BCUT2D eigenvalue weighted by molar-refractivity contribution is 5.94. The van der Waals surface area contributed by atoms with Gasteiger partial charge in [-0.2, -0.15) is 0 Å². The van der Waals surface area contributed by atoms with Crippen LogP contribution in [0.1, 0.15) is 56.3 Å². The van der Waals surface area contributed by atoms with Gasteiger partial charge in [0.05, 0.1) is 11.6 Å². The van der Waals surface area contributed by atoms with Gasteiger partial charge in [0.15, 0.2) is 0 Å². The quantitative estimate of drug-likeness (QED) is 0.843. The highest BCUT2D eigenvalue weighted by Crippen LogP contribution is 2.29. The molecule has 1 unspecified atom stereocenters. The molecule has 0 heterocycles. The number of carbonyl (C=O) groups excluding carboxylic acids is 1. The summed E-state index contributed by atoms with van der Waals surface area (Å²) in [6.07, 6.45) is 5.37. The minimum Gasteiger partial charge on any atom is -0.491 e. The topological polar surface area (TPSA) is 64.3 Å². The van der Waals surface area contributed by atoms with E-state index in [0.717, 1.165) is 37.9 Å². The molecule has 0 spiro atoms. The van der Waals surface area contributed by atoms with Crippen molar-refractivity contribution in [2.75, 3.05) is 6.54 Å². The van der Waals surface area contributed by atoms with E-state index in [1.165, 1.54) is 0 Å². The van der Waals surface area contributed by atoms with Crippen molar-refractivity contribution in [1.82, 2.24) is 5.32 Å². The van der Waals surface area contributed by atoms with Crippen LogP contribution in [-0.2, 0) is 0 Å². The Kier molecular flexibility index (Phi) is 7.17. The number of halogens is 1. The second-order valence-corrected chi connectivity index (χ2v) is 6.01. The summed E-state index contributed by atoms with van der Waals surface area (Å²) < 4.78 is 5.72. The molecule has 1 aliphatic carbocycles. The van der Waals surface area contributed by atoms with Crippen LogP contribution >= 0.6 is 12.4 Å². The van der Waals surface area contributed by atoms with Gasteiger partial charge in [0.1, 0.15) is 5.75 Å². The molecule has 0 saturated heterocycles. The van der Waals surface area contributed by atoms with Crippen LogP contribution in [0.2, 0.25) is 0 Å². The van der Waals surface area contributed by atoms with Crippen molar-refractivity contribution >= 4 is 18.3 Å². The van der Waals surface area contributed by atoms with E-state index in [9.17, 15) is 4.79 Å². The molecule has 1 aromatic carbocycles. The van der Waals surface area contributed by atoms with Gasteiger partial charge in [0, 0.05) is 12.1 Å². The maximum absolute atomic E-state index is 12.3. The van der Waals surface area contributed by atoms with Gasteiger partial charge in [0.25, 0.3) is 5.91 Å². The lowest BCUT2D eigenvalue weighted by atomic mass is 9.97. The van der Waals surface area contributed by atoms with Gasteiger partial charge >= 0.3 is 0 Å². The third kappa shape index (κ3) is 4.62. The van der Waals surface area contributed by atoms with Crippen LogP contribution in [0, 0.1) is 0 Å². The lowest BCUT2D eigenvalue weighted by Crippen LogP contribution is -2.51. The van der Waals surface area contributed by atoms with E-state index in [0.29, 0.717) is 12.1 Å². The lowest BCUT2D eigenvalue weighted by molar-refractivity contribution is 0.0903. The number of amides is 1. The summed E-state index contributed by atoms with van der Waals surface area (Å²) in [5.74, 6) is 0.757. The zero-order valence-corrected chi connectivity index (χ0v) is 14.2. The number of nitrogens with two attached hydrogens (primary N) is 1. The minimum absolute atomic E-state index is 0. The van der Waals surface area contributed by atoms with E-state index in [-0.39, 0.29) is 30.0 Å². The average molecular weight is 327 g/mol. The predicted molar refractivity (Wildman–Crippen MR) is 91.8 cm³/mol. The Balaban J connectivity index is 0.00000242. The third-order valence-corrected chi connectivity index (χ3v) is 4.36.